The summed E-state index contributed by atoms with van der Waals surface area (Å²) in [6, 6.07) is 11.8. The maximum Gasteiger partial charge on any atom is 0.316 e. The van der Waals surface area contributed by atoms with Crippen molar-refractivity contribution >= 4 is 32.9 Å². The molecule has 3 rings (SSSR count). The molecule has 0 amide bonds. The molecular weight excluding hydrogens is 498 g/mol. The summed E-state index contributed by atoms with van der Waals surface area (Å²) in [4.78, 5) is 14.2. The number of hydrogen-bond donors (Lipinski definition) is 1. The van der Waals surface area contributed by atoms with Crippen LogP contribution in [0.5, 0.6) is 0 Å². The second-order valence-electron chi connectivity index (χ2n) is 5.29. The summed E-state index contributed by atoms with van der Waals surface area (Å²) in [5.41, 5.74) is 1.10. The molecule has 0 fully saturated rings. The van der Waals surface area contributed by atoms with Crippen molar-refractivity contribution in [1.82, 2.24) is 0 Å². The summed E-state index contributed by atoms with van der Waals surface area (Å²) in [5, 5.41) is 9.60. The van der Waals surface area contributed by atoms with Crippen LogP contribution >= 0.6 is 11.3 Å². The Kier molecular flexibility index (Phi) is 8.83. The van der Waals surface area contributed by atoms with Crippen LogP contribution in [-0.4, -0.2) is 27.9 Å². The quantitative estimate of drug-likeness (QED) is 0.262. The molecule has 0 bridgehead atoms. The fourth-order valence-electron chi connectivity index (χ4n) is 2.14. The van der Waals surface area contributed by atoms with Crippen LogP contribution in [0.25, 0.3) is 10.1 Å². The molecule has 2 N–H and O–H groups in total. The summed E-state index contributed by atoms with van der Waals surface area (Å²) in [6.07, 6.45) is 7.92. The summed E-state index contributed by atoms with van der Waals surface area (Å²) in [5.74, 6) is 0.250. The van der Waals surface area contributed by atoms with Crippen LogP contribution in [0.2, 0.25) is 0 Å². The number of fused-ring (bicyclic) bond motifs is 1. The van der Waals surface area contributed by atoms with Gasteiger partial charge in [-0.3, -0.25) is 4.79 Å². The number of aliphatic hydroxyl groups is 1. The average Bonchev–Trinajstić information content (AvgIpc) is 2.73. The molecule has 0 unspecified atom stereocenters. The van der Waals surface area contributed by atoms with Gasteiger partial charge >= 0.3 is 5.78 Å². The first-order valence-corrected chi connectivity index (χ1v) is 8.40. The average molecular weight is 520 g/mol. The van der Waals surface area contributed by atoms with Crippen LogP contribution in [0, 0.1) is 6.07 Å². The maximum absolute atomic E-state index is 8.40. The zero-order chi connectivity index (χ0) is 16.7. The fourth-order valence-corrected chi connectivity index (χ4v) is 3.13. The van der Waals surface area contributed by atoms with Gasteiger partial charge in [0.25, 0.3) is 0 Å². The predicted molar refractivity (Wildman–Crippen MR) is 99.4 cm³/mol. The topological polar surface area (TPSA) is 54.0 Å². The third-order valence-corrected chi connectivity index (χ3v) is 4.18. The Balaban J connectivity index is 0.000000312. The molecule has 1 radical (unpaired) electrons. The van der Waals surface area contributed by atoms with Crippen LogP contribution in [0.1, 0.15) is 31.6 Å². The van der Waals surface area contributed by atoms with Crippen molar-refractivity contribution in [3.63, 3.8) is 0 Å². The van der Waals surface area contributed by atoms with Gasteiger partial charge in [0.2, 0.25) is 0 Å². The van der Waals surface area contributed by atoms with E-state index >= 15 is 0 Å². The van der Waals surface area contributed by atoms with Gasteiger partial charge in [0.1, 0.15) is 0 Å². The minimum absolute atomic E-state index is 0. The molecule has 0 saturated carbocycles. The summed E-state index contributed by atoms with van der Waals surface area (Å²) >= 11 is 1.78. The van der Waals surface area contributed by atoms with Crippen molar-refractivity contribution in [3.05, 3.63) is 59.2 Å². The van der Waals surface area contributed by atoms with Crippen LogP contribution in [0.3, 0.4) is 0 Å². The maximum atomic E-state index is 8.40. The Bertz CT molecular complexity index is 738. The number of carbonyl (C=O) groups excluding carboxylic acids is 1. The Morgan fingerprint density at radius 2 is 2.08 bits per heavy atom. The predicted octanol–water partition coefficient (Wildman–Crippen LogP) is 4.85. The number of rotatable bonds is 2. The molecule has 1 aliphatic rings. The molecule has 2 heterocycles. The van der Waals surface area contributed by atoms with Crippen molar-refractivity contribution < 1.29 is 30.0 Å². The van der Waals surface area contributed by atoms with Crippen LogP contribution in [-0.2, 0) is 20.1 Å². The van der Waals surface area contributed by atoms with Crippen LogP contribution < -0.4 is 0 Å². The van der Waals surface area contributed by atoms with Gasteiger partial charge in [-0.05, 0) is 29.3 Å². The molecule has 0 saturated heterocycles. The molecule has 24 heavy (non-hydrogen) atoms. The van der Waals surface area contributed by atoms with Crippen molar-refractivity contribution in [1.29, 1.82) is 0 Å². The van der Waals surface area contributed by atoms with E-state index in [-0.39, 0.29) is 31.6 Å². The molecule has 5 heteroatoms. The van der Waals surface area contributed by atoms with Crippen LogP contribution in [0.4, 0.5) is 0 Å². The van der Waals surface area contributed by atoms with E-state index in [9.17, 15) is 0 Å². The molecule has 3 nitrogen and oxygen atoms in total. The minimum atomic E-state index is 0. The summed E-state index contributed by atoms with van der Waals surface area (Å²) in [6.45, 7) is 3.93. The smallest absolute Gasteiger partial charge is 0.316 e. The van der Waals surface area contributed by atoms with E-state index in [1.54, 1.807) is 11.3 Å². The third-order valence-electron chi connectivity index (χ3n) is 3.08. The Labute approximate surface area is 160 Å². The van der Waals surface area contributed by atoms with Gasteiger partial charge in [0, 0.05) is 32.4 Å². The number of benzene rings is 1. The van der Waals surface area contributed by atoms with Gasteiger partial charge in [-0.2, -0.15) is 0 Å². The Morgan fingerprint density at radius 1 is 1.33 bits per heavy atom. The normalized spacial score (nSPS) is 14.1. The number of aliphatic imine (C=N–C) groups is 1. The van der Waals surface area contributed by atoms with Crippen molar-refractivity contribution in [2.24, 2.45) is 4.99 Å². The zero-order valence-corrected chi connectivity index (χ0v) is 17.0. The number of aliphatic hydroxyl groups excluding tert-OH is 1. The van der Waals surface area contributed by atoms with Crippen molar-refractivity contribution in [2.75, 3.05) is 6.54 Å². The number of thiophene rings is 1. The van der Waals surface area contributed by atoms with E-state index in [1.165, 1.54) is 34.9 Å². The summed E-state index contributed by atoms with van der Waals surface area (Å²) < 4.78 is 1.29. The fraction of sp³-hybridized carbons (Fsp3) is 0.263. The van der Waals surface area contributed by atoms with Gasteiger partial charge < -0.3 is 10.1 Å². The molecule has 129 valence electrons. The van der Waals surface area contributed by atoms with E-state index in [0.717, 1.165) is 25.1 Å². The van der Waals surface area contributed by atoms with E-state index in [1.807, 2.05) is 0 Å². The third kappa shape index (κ3) is 6.52. The number of hydrogen-bond acceptors (Lipinski definition) is 3. The van der Waals surface area contributed by atoms with Gasteiger partial charge in [-0.25, -0.2) is 11.3 Å². The van der Waals surface area contributed by atoms with Gasteiger partial charge in [0.15, 0.2) is 0 Å². The van der Waals surface area contributed by atoms with E-state index in [4.69, 9.17) is 9.90 Å². The van der Waals surface area contributed by atoms with Crippen LogP contribution in [0.15, 0.2) is 53.2 Å². The molecule has 0 atom stereocenters. The van der Waals surface area contributed by atoms with E-state index in [2.05, 4.69) is 47.5 Å². The molecule has 1 aliphatic heterocycles. The van der Waals surface area contributed by atoms with Crippen molar-refractivity contribution in [3.8, 4) is 0 Å². The minimum Gasteiger partial charge on any atom is -0.512 e. The second kappa shape index (κ2) is 10.3. The van der Waals surface area contributed by atoms with Gasteiger partial charge in [-0.15, -0.1) is 23.6 Å². The zero-order valence-electron chi connectivity index (χ0n) is 13.7. The number of nitrogens with zero attached hydrogens (tertiary/aromatic N) is 1. The molecule has 2 aromatic rings. The molecule has 1 aromatic heterocycles. The molecule has 0 spiro atoms. The number of ketones is 1. The first-order valence-electron chi connectivity index (χ1n) is 7.58. The Hall–Kier alpha value is -1.55. The monoisotopic (exact) mass is 520 g/mol. The SMILES string of the molecule is CC(=[OH+])/C=C(/C)O.[Ir].[c-]1c(C2=NCCCC=C2)sc2ccccc12. The second-order valence-corrected chi connectivity index (χ2v) is 6.34. The first kappa shape index (κ1) is 20.5. The summed E-state index contributed by atoms with van der Waals surface area (Å²) in [7, 11) is 0. The largest absolute Gasteiger partial charge is 0.512 e. The van der Waals surface area contributed by atoms with E-state index < -0.39 is 0 Å². The number of allylic oxidation sites excluding steroid dienone is 4. The van der Waals surface area contributed by atoms with Crippen molar-refractivity contribution in [2.45, 2.75) is 26.7 Å². The molecule has 0 aliphatic carbocycles. The molecule has 1 aromatic carbocycles. The Morgan fingerprint density at radius 3 is 2.71 bits per heavy atom. The van der Waals surface area contributed by atoms with Gasteiger partial charge in [0.05, 0.1) is 18.8 Å². The van der Waals surface area contributed by atoms with E-state index in [0.29, 0.717) is 0 Å². The van der Waals surface area contributed by atoms with Gasteiger partial charge in [-0.1, -0.05) is 24.3 Å². The standard InChI is InChI=1S/C14H12NS.C5H8O2.Ir/c1-2-7-12(15-9-5-1)14-10-11-6-3-4-8-13(11)16-14;1-4(6)3-5(2)7;/h2-4,6-8H,1,5,9H2;3,6H,1-2H3;/q-1;;/p+1/b;4-3-;. The first-order chi connectivity index (χ1) is 11.1. The molecular formula is C19H21IrNO2S.